The van der Waals surface area contributed by atoms with Gasteiger partial charge in [0, 0.05) is 30.5 Å². The molecule has 0 radical (unpaired) electrons. The molecular weight excluding hydrogens is 488 g/mol. The third-order valence-corrected chi connectivity index (χ3v) is 6.76. The molecule has 0 bridgehead atoms. The van der Waals surface area contributed by atoms with Crippen molar-refractivity contribution in [3.63, 3.8) is 0 Å². The number of rotatable bonds is 16. The van der Waals surface area contributed by atoms with Gasteiger partial charge in [-0.15, -0.1) is 0 Å². The van der Waals surface area contributed by atoms with Gasteiger partial charge in [-0.05, 0) is 77.9 Å². The summed E-state index contributed by atoms with van der Waals surface area (Å²) in [7, 11) is 4.04. The van der Waals surface area contributed by atoms with Crippen LogP contribution >= 0.6 is 0 Å². The fourth-order valence-electron chi connectivity index (χ4n) is 4.52. The SMILES string of the molecule is CCN(CC)CCCNCCC(=O)Nc1ccccc1-c1cc(C(=O)NCCCN(C)C)c2ccccc2n1. The highest BCUT2D eigenvalue weighted by atomic mass is 16.2. The van der Waals surface area contributed by atoms with E-state index in [-0.39, 0.29) is 11.8 Å². The van der Waals surface area contributed by atoms with E-state index < -0.39 is 0 Å². The Labute approximate surface area is 233 Å². The van der Waals surface area contributed by atoms with Crippen LogP contribution in [0.3, 0.4) is 0 Å². The molecule has 0 aliphatic rings. The zero-order chi connectivity index (χ0) is 28.0. The Morgan fingerprint density at radius 1 is 0.872 bits per heavy atom. The van der Waals surface area contributed by atoms with Crippen molar-refractivity contribution in [2.24, 2.45) is 0 Å². The minimum atomic E-state index is -0.123. The molecule has 2 amide bonds. The van der Waals surface area contributed by atoms with Gasteiger partial charge in [0.05, 0.1) is 22.5 Å². The van der Waals surface area contributed by atoms with Gasteiger partial charge in [-0.3, -0.25) is 9.59 Å². The lowest BCUT2D eigenvalue weighted by molar-refractivity contribution is -0.116. The summed E-state index contributed by atoms with van der Waals surface area (Å²) in [5.41, 5.74) is 3.44. The van der Waals surface area contributed by atoms with Gasteiger partial charge in [0.2, 0.25) is 5.91 Å². The van der Waals surface area contributed by atoms with Crippen molar-refractivity contribution < 1.29 is 9.59 Å². The van der Waals surface area contributed by atoms with Crippen LogP contribution in [-0.4, -0.2) is 86.5 Å². The molecule has 3 rings (SSSR count). The Kier molecular flexibility index (Phi) is 12.3. The molecular formula is C31H44N6O2. The van der Waals surface area contributed by atoms with E-state index >= 15 is 0 Å². The van der Waals surface area contributed by atoms with Crippen LogP contribution in [0.5, 0.6) is 0 Å². The van der Waals surface area contributed by atoms with E-state index in [1.54, 1.807) is 0 Å². The molecule has 8 nitrogen and oxygen atoms in total. The maximum atomic E-state index is 13.2. The average molecular weight is 533 g/mol. The van der Waals surface area contributed by atoms with E-state index in [1.807, 2.05) is 68.7 Å². The standard InChI is InChI=1S/C31H44N6O2/c1-5-37(6-2)22-11-18-32-20-17-30(38)35-28-16-10-8-14-25(28)29-23-26(24-13-7-9-15-27(24)34-29)31(39)33-19-12-21-36(3)4/h7-10,13-16,23,32H,5-6,11-12,17-22H2,1-4H3,(H,33,39)(H,35,38). The number of para-hydroxylation sites is 2. The molecule has 2 aromatic carbocycles. The van der Waals surface area contributed by atoms with E-state index in [4.69, 9.17) is 4.98 Å². The quantitative estimate of drug-likeness (QED) is 0.239. The summed E-state index contributed by atoms with van der Waals surface area (Å²) in [5, 5.41) is 10.3. The zero-order valence-corrected chi connectivity index (χ0v) is 23.9. The highest BCUT2D eigenvalue weighted by Crippen LogP contribution is 2.30. The van der Waals surface area contributed by atoms with E-state index in [0.29, 0.717) is 36.5 Å². The molecule has 3 aromatic rings. The number of benzene rings is 2. The van der Waals surface area contributed by atoms with Crippen LogP contribution in [0.2, 0.25) is 0 Å². The summed E-state index contributed by atoms with van der Waals surface area (Å²) in [5.74, 6) is -0.180. The molecule has 0 unspecified atom stereocenters. The number of nitrogens with zero attached hydrogens (tertiary/aromatic N) is 3. The second kappa shape index (κ2) is 15.9. The van der Waals surface area contributed by atoms with Gasteiger partial charge < -0.3 is 25.8 Å². The molecule has 1 heterocycles. The molecule has 0 saturated heterocycles. The number of carbonyl (C=O) groups is 2. The first kappa shape index (κ1) is 30.2. The van der Waals surface area contributed by atoms with Crippen LogP contribution in [0.15, 0.2) is 54.6 Å². The minimum absolute atomic E-state index is 0.0571. The van der Waals surface area contributed by atoms with Gasteiger partial charge in [-0.2, -0.15) is 0 Å². The first-order valence-electron chi connectivity index (χ1n) is 14.1. The van der Waals surface area contributed by atoms with E-state index in [2.05, 4.69) is 39.6 Å². The lowest BCUT2D eigenvalue weighted by atomic mass is 10.0. The first-order valence-corrected chi connectivity index (χ1v) is 14.1. The molecule has 39 heavy (non-hydrogen) atoms. The topological polar surface area (TPSA) is 89.6 Å². The predicted octanol–water partition coefficient (Wildman–Crippen LogP) is 4.23. The maximum Gasteiger partial charge on any atom is 0.252 e. The Balaban J connectivity index is 1.69. The lowest BCUT2D eigenvalue weighted by Gasteiger charge is -2.17. The average Bonchev–Trinajstić information content (AvgIpc) is 2.94. The number of fused-ring (bicyclic) bond motifs is 1. The highest BCUT2D eigenvalue weighted by molar-refractivity contribution is 6.07. The number of hydrogen-bond acceptors (Lipinski definition) is 6. The van der Waals surface area contributed by atoms with Gasteiger partial charge >= 0.3 is 0 Å². The molecule has 3 N–H and O–H groups in total. The summed E-state index contributed by atoms with van der Waals surface area (Å²) in [6, 6.07) is 17.1. The number of hydrogen-bond donors (Lipinski definition) is 3. The molecule has 8 heteroatoms. The summed E-state index contributed by atoms with van der Waals surface area (Å²) < 4.78 is 0. The predicted molar refractivity (Wildman–Crippen MR) is 161 cm³/mol. The molecule has 0 spiro atoms. The van der Waals surface area contributed by atoms with Gasteiger partial charge in [0.1, 0.15) is 0 Å². The van der Waals surface area contributed by atoms with Crippen molar-refractivity contribution in [1.29, 1.82) is 0 Å². The summed E-state index contributed by atoms with van der Waals surface area (Å²) in [4.78, 5) is 35.3. The van der Waals surface area contributed by atoms with Crippen molar-refractivity contribution in [2.75, 3.05) is 65.2 Å². The second-order valence-electron chi connectivity index (χ2n) is 9.96. The first-order chi connectivity index (χ1) is 18.9. The molecule has 0 aliphatic carbocycles. The Morgan fingerprint density at radius 3 is 2.36 bits per heavy atom. The second-order valence-corrected chi connectivity index (χ2v) is 9.96. The van der Waals surface area contributed by atoms with Crippen molar-refractivity contribution >= 4 is 28.4 Å². The van der Waals surface area contributed by atoms with Gasteiger partial charge in [0.25, 0.3) is 5.91 Å². The number of amides is 2. The maximum absolute atomic E-state index is 13.2. The monoisotopic (exact) mass is 532 g/mol. The van der Waals surface area contributed by atoms with E-state index in [1.165, 1.54) is 0 Å². The highest BCUT2D eigenvalue weighted by Gasteiger charge is 2.16. The van der Waals surface area contributed by atoms with Gasteiger partial charge in [-0.1, -0.05) is 50.2 Å². The van der Waals surface area contributed by atoms with E-state index in [9.17, 15) is 9.59 Å². The van der Waals surface area contributed by atoms with Crippen LogP contribution in [0.4, 0.5) is 5.69 Å². The van der Waals surface area contributed by atoms with Gasteiger partial charge in [0.15, 0.2) is 0 Å². The van der Waals surface area contributed by atoms with Crippen LogP contribution in [0.1, 0.15) is 43.5 Å². The number of nitrogens with one attached hydrogen (secondary N) is 3. The van der Waals surface area contributed by atoms with Crippen molar-refractivity contribution in [3.05, 3.63) is 60.2 Å². The normalized spacial score (nSPS) is 11.3. The molecule has 0 saturated carbocycles. The molecule has 1 aromatic heterocycles. The number of aromatic nitrogens is 1. The van der Waals surface area contributed by atoms with Crippen LogP contribution < -0.4 is 16.0 Å². The van der Waals surface area contributed by atoms with Crippen molar-refractivity contribution in [3.8, 4) is 11.3 Å². The molecule has 0 atom stereocenters. The Bertz CT molecular complexity index is 1210. The van der Waals surface area contributed by atoms with Gasteiger partial charge in [-0.25, -0.2) is 4.98 Å². The number of anilines is 1. The smallest absolute Gasteiger partial charge is 0.252 e. The summed E-state index contributed by atoms with van der Waals surface area (Å²) in [6.45, 7) is 10.6. The molecule has 0 fully saturated rings. The van der Waals surface area contributed by atoms with Crippen molar-refractivity contribution in [1.82, 2.24) is 25.4 Å². The summed E-state index contributed by atoms with van der Waals surface area (Å²) >= 11 is 0. The fourth-order valence-corrected chi connectivity index (χ4v) is 4.52. The number of pyridine rings is 1. The summed E-state index contributed by atoms with van der Waals surface area (Å²) in [6.07, 6.45) is 2.31. The lowest BCUT2D eigenvalue weighted by Crippen LogP contribution is -2.28. The van der Waals surface area contributed by atoms with E-state index in [0.717, 1.165) is 62.0 Å². The van der Waals surface area contributed by atoms with Crippen LogP contribution in [-0.2, 0) is 4.79 Å². The Morgan fingerprint density at radius 2 is 1.59 bits per heavy atom. The van der Waals surface area contributed by atoms with Crippen molar-refractivity contribution in [2.45, 2.75) is 33.1 Å². The minimum Gasteiger partial charge on any atom is -0.352 e. The fraction of sp³-hybridized carbons (Fsp3) is 0.452. The van der Waals surface area contributed by atoms with Crippen LogP contribution in [0.25, 0.3) is 22.2 Å². The third-order valence-electron chi connectivity index (χ3n) is 6.76. The van der Waals surface area contributed by atoms with Crippen LogP contribution in [0, 0.1) is 0 Å². The molecule has 0 aliphatic heterocycles. The largest absolute Gasteiger partial charge is 0.352 e. The molecule has 210 valence electrons. The number of carbonyl (C=O) groups excluding carboxylic acids is 2. The zero-order valence-electron chi connectivity index (χ0n) is 23.9. The Hall–Kier alpha value is -3.33. The third kappa shape index (κ3) is 9.42.